The molecule has 0 bridgehead atoms. The number of para-hydroxylation sites is 1. The number of hydrogen-bond acceptors (Lipinski definition) is 5. The zero-order valence-electron chi connectivity index (χ0n) is 24.3. The van der Waals surface area contributed by atoms with E-state index in [1.807, 2.05) is 75.6 Å². The summed E-state index contributed by atoms with van der Waals surface area (Å²) in [6.07, 6.45) is 3.33. The number of fused-ring (bicyclic) bond motifs is 1. The maximum absolute atomic E-state index is 13.6. The fourth-order valence-corrected chi connectivity index (χ4v) is 4.84. The van der Waals surface area contributed by atoms with Crippen LogP contribution in [0, 0.1) is 0 Å². The molecule has 1 atom stereocenters. The van der Waals surface area contributed by atoms with E-state index in [4.69, 9.17) is 4.74 Å². The number of nitrogens with one attached hydrogen (secondary N) is 2. The summed E-state index contributed by atoms with van der Waals surface area (Å²) in [5.74, 6) is 0.0103. The molecule has 41 heavy (non-hydrogen) atoms. The molecule has 0 saturated carbocycles. The number of aromatic nitrogens is 1. The number of aliphatic hydroxyl groups is 1. The smallest absolute Gasteiger partial charge is 0.255 e. The highest BCUT2D eigenvalue weighted by molar-refractivity contribution is 5.99. The molecule has 3 N–H and O–H groups in total. The molecule has 1 aromatic heterocycles. The summed E-state index contributed by atoms with van der Waals surface area (Å²) in [6.45, 7) is 3.58. The molecular formula is C33H40N4O4. The van der Waals surface area contributed by atoms with Gasteiger partial charge in [0.1, 0.15) is 5.75 Å². The number of nitrogens with zero attached hydrogens (tertiary/aromatic N) is 2. The van der Waals surface area contributed by atoms with Crippen LogP contribution in [-0.4, -0.2) is 72.8 Å². The van der Waals surface area contributed by atoms with Gasteiger partial charge in [-0.05, 0) is 74.0 Å². The monoisotopic (exact) mass is 556 g/mol. The molecule has 0 saturated heterocycles. The first-order valence-corrected chi connectivity index (χ1v) is 14.1. The zero-order valence-corrected chi connectivity index (χ0v) is 24.3. The van der Waals surface area contributed by atoms with Gasteiger partial charge >= 0.3 is 0 Å². The van der Waals surface area contributed by atoms with Crippen LogP contribution in [0.1, 0.15) is 39.6 Å². The molecule has 4 aromatic rings. The van der Waals surface area contributed by atoms with Crippen LogP contribution < -0.4 is 15.4 Å². The van der Waals surface area contributed by atoms with Crippen molar-refractivity contribution in [2.75, 3.05) is 40.4 Å². The van der Waals surface area contributed by atoms with Crippen LogP contribution in [0.25, 0.3) is 22.0 Å². The lowest BCUT2D eigenvalue weighted by atomic mass is 9.99. The third-order valence-corrected chi connectivity index (χ3v) is 6.99. The first-order chi connectivity index (χ1) is 19.8. The van der Waals surface area contributed by atoms with E-state index in [1.54, 1.807) is 18.2 Å². The summed E-state index contributed by atoms with van der Waals surface area (Å²) < 4.78 is 7.98. The average molecular weight is 557 g/mol. The van der Waals surface area contributed by atoms with Gasteiger partial charge < -0.3 is 29.9 Å². The molecule has 0 fully saturated rings. The van der Waals surface area contributed by atoms with E-state index in [0.29, 0.717) is 36.4 Å². The third-order valence-electron chi connectivity index (χ3n) is 6.99. The van der Waals surface area contributed by atoms with Crippen LogP contribution in [0.15, 0.2) is 72.9 Å². The topological polar surface area (TPSA) is 95.8 Å². The number of hydrogen-bond donors (Lipinski definition) is 3. The molecular weight excluding hydrogens is 516 g/mol. The third kappa shape index (κ3) is 7.54. The number of carbonyl (C=O) groups excluding carboxylic acids is 2. The minimum atomic E-state index is -0.481. The van der Waals surface area contributed by atoms with Crippen LogP contribution in [0.4, 0.5) is 0 Å². The van der Waals surface area contributed by atoms with Crippen molar-refractivity contribution < 1.29 is 19.4 Å². The van der Waals surface area contributed by atoms with Crippen molar-refractivity contribution in [2.24, 2.45) is 7.05 Å². The number of benzene rings is 3. The second kappa shape index (κ2) is 14.0. The Labute approximate surface area is 241 Å². The summed E-state index contributed by atoms with van der Waals surface area (Å²) in [6, 6.07) is 20.4. The summed E-state index contributed by atoms with van der Waals surface area (Å²) >= 11 is 0. The standard InChI is InChI=1S/C33H40N4O4/c1-5-17-41-31-14-13-24(23-9-8-10-25(18-23)32(39)34-15-16-36(2)3)20-29(31)33(40)35-27(22-38)19-26-21-37(4)30-12-7-6-11-28(26)30/h6-14,18,20-21,27,38H,5,15-17,19,22H2,1-4H3,(H,34,39)(H,35,40)/t27-/m1/s1. The van der Waals surface area contributed by atoms with E-state index in [1.165, 1.54) is 0 Å². The fourth-order valence-electron chi connectivity index (χ4n) is 4.84. The minimum Gasteiger partial charge on any atom is -0.493 e. The highest BCUT2D eigenvalue weighted by Crippen LogP contribution is 2.28. The second-order valence-electron chi connectivity index (χ2n) is 10.5. The van der Waals surface area contributed by atoms with E-state index in [-0.39, 0.29) is 18.4 Å². The Balaban J connectivity index is 1.57. The molecule has 8 nitrogen and oxygen atoms in total. The fraction of sp³-hybridized carbons (Fsp3) is 0.333. The predicted octanol–water partition coefficient (Wildman–Crippen LogP) is 4.26. The SMILES string of the molecule is CCCOc1ccc(-c2cccc(C(=O)NCCN(C)C)c2)cc1C(=O)N[C@@H](CO)Cc1cn(C)c2ccccc12. The van der Waals surface area contributed by atoms with Crippen molar-refractivity contribution in [3.8, 4) is 16.9 Å². The Bertz CT molecular complexity index is 1490. The van der Waals surface area contributed by atoms with Crippen LogP contribution in [0.5, 0.6) is 5.75 Å². The number of amides is 2. The van der Waals surface area contributed by atoms with E-state index < -0.39 is 6.04 Å². The summed E-state index contributed by atoms with van der Waals surface area (Å²) in [7, 11) is 5.91. The van der Waals surface area contributed by atoms with Crippen molar-refractivity contribution >= 4 is 22.7 Å². The molecule has 216 valence electrons. The quantitative estimate of drug-likeness (QED) is 0.229. The first kappa shape index (κ1) is 29.8. The summed E-state index contributed by atoms with van der Waals surface area (Å²) in [5.41, 5.74) is 4.69. The van der Waals surface area contributed by atoms with Crippen LogP contribution in [-0.2, 0) is 13.5 Å². The van der Waals surface area contributed by atoms with Crippen molar-refractivity contribution in [1.82, 2.24) is 20.1 Å². The molecule has 8 heteroatoms. The van der Waals surface area contributed by atoms with Crippen molar-refractivity contribution in [1.29, 1.82) is 0 Å². The Kier molecular flexibility index (Phi) is 10.2. The first-order valence-electron chi connectivity index (χ1n) is 14.1. The lowest BCUT2D eigenvalue weighted by Gasteiger charge is -2.18. The second-order valence-corrected chi connectivity index (χ2v) is 10.5. The van der Waals surface area contributed by atoms with Gasteiger partial charge in [-0.1, -0.05) is 43.3 Å². The van der Waals surface area contributed by atoms with E-state index in [0.717, 1.165) is 40.6 Å². The van der Waals surface area contributed by atoms with E-state index in [9.17, 15) is 14.7 Å². The van der Waals surface area contributed by atoms with Gasteiger partial charge in [-0.2, -0.15) is 0 Å². The molecule has 4 rings (SSSR count). The maximum Gasteiger partial charge on any atom is 0.255 e. The van der Waals surface area contributed by atoms with Gasteiger partial charge in [-0.25, -0.2) is 0 Å². The number of ether oxygens (including phenoxy) is 1. The molecule has 1 heterocycles. The van der Waals surface area contributed by atoms with Crippen molar-refractivity contribution in [2.45, 2.75) is 25.8 Å². The average Bonchev–Trinajstić information content (AvgIpc) is 3.30. The van der Waals surface area contributed by atoms with Crippen molar-refractivity contribution in [3.63, 3.8) is 0 Å². The van der Waals surface area contributed by atoms with Crippen LogP contribution in [0.3, 0.4) is 0 Å². The Morgan fingerprint density at radius 2 is 1.78 bits per heavy atom. The van der Waals surface area contributed by atoms with Crippen molar-refractivity contribution in [3.05, 3.63) is 89.6 Å². The summed E-state index contributed by atoms with van der Waals surface area (Å²) in [4.78, 5) is 28.3. The normalized spacial score (nSPS) is 12.0. The van der Waals surface area contributed by atoms with Gasteiger partial charge in [0.05, 0.1) is 24.8 Å². The van der Waals surface area contributed by atoms with Gasteiger partial charge in [-0.15, -0.1) is 0 Å². The molecule has 0 aliphatic rings. The van der Waals surface area contributed by atoms with Gasteiger partial charge in [0, 0.05) is 42.8 Å². The number of aryl methyl sites for hydroxylation is 1. The number of likely N-dealkylation sites (N-methyl/N-ethyl adjacent to an activating group) is 1. The highest BCUT2D eigenvalue weighted by atomic mass is 16.5. The molecule has 0 unspecified atom stereocenters. The highest BCUT2D eigenvalue weighted by Gasteiger charge is 2.20. The van der Waals surface area contributed by atoms with Gasteiger partial charge in [-0.3, -0.25) is 9.59 Å². The molecule has 0 aliphatic carbocycles. The summed E-state index contributed by atoms with van der Waals surface area (Å²) in [5, 5.41) is 17.2. The number of aliphatic hydroxyl groups excluding tert-OH is 1. The molecule has 0 radical (unpaired) electrons. The van der Waals surface area contributed by atoms with Gasteiger partial charge in [0.2, 0.25) is 0 Å². The van der Waals surface area contributed by atoms with E-state index >= 15 is 0 Å². The minimum absolute atomic E-state index is 0.145. The lowest BCUT2D eigenvalue weighted by molar-refractivity contribution is 0.0911. The molecule has 2 amide bonds. The van der Waals surface area contributed by atoms with E-state index in [2.05, 4.69) is 27.3 Å². The molecule has 0 spiro atoms. The zero-order chi connectivity index (χ0) is 29.4. The predicted molar refractivity (Wildman–Crippen MR) is 164 cm³/mol. The number of carbonyl (C=O) groups is 2. The van der Waals surface area contributed by atoms with Crippen LogP contribution in [0.2, 0.25) is 0 Å². The Hall–Kier alpha value is -4.14. The molecule has 0 aliphatic heterocycles. The van der Waals surface area contributed by atoms with Gasteiger partial charge in [0.15, 0.2) is 0 Å². The number of rotatable bonds is 13. The Morgan fingerprint density at radius 3 is 2.54 bits per heavy atom. The lowest BCUT2D eigenvalue weighted by Crippen LogP contribution is -2.39. The van der Waals surface area contributed by atoms with Gasteiger partial charge in [0.25, 0.3) is 11.8 Å². The maximum atomic E-state index is 13.6. The molecule has 3 aromatic carbocycles. The Morgan fingerprint density at radius 1 is 1.00 bits per heavy atom. The largest absolute Gasteiger partial charge is 0.493 e. The van der Waals surface area contributed by atoms with Crippen LogP contribution >= 0.6 is 0 Å².